The van der Waals surface area contributed by atoms with Crippen LogP contribution in [0.4, 0.5) is 11.6 Å². The van der Waals surface area contributed by atoms with Gasteiger partial charge < -0.3 is 5.32 Å². The number of nitrogens with zero attached hydrogens (tertiary/aromatic N) is 5. The number of halogens is 1. The Bertz CT molecular complexity index is 1140. The van der Waals surface area contributed by atoms with Gasteiger partial charge in [0.05, 0.1) is 11.2 Å². The third-order valence-electron chi connectivity index (χ3n) is 4.35. The molecule has 0 atom stereocenters. The van der Waals surface area contributed by atoms with Crippen LogP contribution in [0, 0.1) is 27.7 Å². The van der Waals surface area contributed by atoms with Crippen molar-refractivity contribution in [1.29, 1.82) is 0 Å². The van der Waals surface area contributed by atoms with Crippen LogP contribution in [-0.2, 0) is 0 Å². The Morgan fingerprint density at radius 3 is 2.52 bits per heavy atom. The standard InChI is InChI=1S/C20H19ClN6/c1-11-6-5-7-15-12(2)8-18(25-20(11)15)27-19(9-13(3)26-27)24-17-10-16(21)22-14(4)23-17/h5-10H,1-4H3,(H,22,23,24). The summed E-state index contributed by atoms with van der Waals surface area (Å²) in [6, 6.07) is 11.9. The number of anilines is 2. The van der Waals surface area contributed by atoms with Crippen molar-refractivity contribution < 1.29 is 0 Å². The summed E-state index contributed by atoms with van der Waals surface area (Å²) >= 11 is 6.06. The van der Waals surface area contributed by atoms with Crippen molar-refractivity contribution in [2.45, 2.75) is 27.7 Å². The molecule has 0 aliphatic rings. The quantitative estimate of drug-likeness (QED) is 0.516. The molecule has 7 heteroatoms. The van der Waals surface area contributed by atoms with Crippen LogP contribution in [0.3, 0.4) is 0 Å². The predicted octanol–water partition coefficient (Wildman–Crippen LogP) is 4.84. The Balaban J connectivity index is 1.83. The molecule has 0 saturated heterocycles. The molecule has 0 aliphatic carbocycles. The molecule has 6 nitrogen and oxygen atoms in total. The van der Waals surface area contributed by atoms with Crippen molar-refractivity contribution in [2.24, 2.45) is 0 Å². The molecule has 0 unspecified atom stereocenters. The Morgan fingerprint density at radius 2 is 1.74 bits per heavy atom. The van der Waals surface area contributed by atoms with E-state index in [2.05, 4.69) is 52.4 Å². The van der Waals surface area contributed by atoms with E-state index < -0.39 is 0 Å². The lowest BCUT2D eigenvalue weighted by Gasteiger charge is -2.12. The molecule has 4 aromatic rings. The van der Waals surface area contributed by atoms with Crippen molar-refractivity contribution in [3.63, 3.8) is 0 Å². The van der Waals surface area contributed by atoms with Gasteiger partial charge in [-0.05, 0) is 44.9 Å². The van der Waals surface area contributed by atoms with Crippen molar-refractivity contribution in [1.82, 2.24) is 24.7 Å². The zero-order valence-electron chi connectivity index (χ0n) is 15.6. The molecule has 0 fully saturated rings. The summed E-state index contributed by atoms with van der Waals surface area (Å²) in [5, 5.41) is 9.44. The highest BCUT2D eigenvalue weighted by Gasteiger charge is 2.13. The van der Waals surface area contributed by atoms with Gasteiger partial charge in [-0.25, -0.2) is 15.0 Å². The number of benzene rings is 1. The maximum Gasteiger partial charge on any atom is 0.156 e. The number of para-hydroxylation sites is 1. The predicted molar refractivity (Wildman–Crippen MR) is 108 cm³/mol. The minimum atomic E-state index is 0.392. The molecule has 0 spiro atoms. The Labute approximate surface area is 162 Å². The van der Waals surface area contributed by atoms with E-state index in [1.54, 1.807) is 17.7 Å². The summed E-state index contributed by atoms with van der Waals surface area (Å²) in [6.07, 6.45) is 0. The van der Waals surface area contributed by atoms with Crippen LogP contribution in [-0.4, -0.2) is 24.7 Å². The van der Waals surface area contributed by atoms with Crippen LogP contribution < -0.4 is 5.32 Å². The highest BCUT2D eigenvalue weighted by atomic mass is 35.5. The molecule has 27 heavy (non-hydrogen) atoms. The molecular formula is C20H19ClN6. The molecule has 4 rings (SSSR count). The van der Waals surface area contributed by atoms with Gasteiger partial charge in [-0.1, -0.05) is 29.8 Å². The lowest BCUT2D eigenvalue weighted by atomic mass is 10.1. The molecule has 136 valence electrons. The molecule has 1 aromatic carbocycles. The number of nitrogens with one attached hydrogen (secondary N) is 1. The van der Waals surface area contributed by atoms with Crippen molar-refractivity contribution in [3.8, 4) is 5.82 Å². The zero-order chi connectivity index (χ0) is 19.1. The van der Waals surface area contributed by atoms with Gasteiger partial charge in [0.25, 0.3) is 0 Å². The van der Waals surface area contributed by atoms with Crippen molar-refractivity contribution >= 4 is 34.1 Å². The third kappa shape index (κ3) is 3.36. The molecule has 0 amide bonds. The molecule has 0 aliphatic heterocycles. The highest BCUT2D eigenvalue weighted by Crippen LogP contribution is 2.26. The summed E-state index contributed by atoms with van der Waals surface area (Å²) in [7, 11) is 0. The van der Waals surface area contributed by atoms with Crippen LogP contribution in [0.15, 0.2) is 36.4 Å². The first-order chi connectivity index (χ1) is 12.9. The van der Waals surface area contributed by atoms with Gasteiger partial charge in [-0.3, -0.25) is 0 Å². The number of hydrogen-bond acceptors (Lipinski definition) is 5. The van der Waals surface area contributed by atoms with Crippen LogP contribution >= 0.6 is 11.6 Å². The number of pyridine rings is 1. The van der Waals surface area contributed by atoms with Crippen LogP contribution in [0.5, 0.6) is 0 Å². The van der Waals surface area contributed by atoms with Gasteiger partial charge in [0, 0.05) is 17.5 Å². The normalized spacial score (nSPS) is 11.1. The van der Waals surface area contributed by atoms with E-state index in [9.17, 15) is 0 Å². The summed E-state index contributed by atoms with van der Waals surface area (Å²) in [4.78, 5) is 13.3. The first kappa shape index (κ1) is 17.4. The summed E-state index contributed by atoms with van der Waals surface area (Å²) in [5.41, 5.74) is 4.14. The van der Waals surface area contributed by atoms with Crippen molar-refractivity contribution in [3.05, 3.63) is 64.2 Å². The lowest BCUT2D eigenvalue weighted by molar-refractivity contribution is 0.841. The number of aromatic nitrogens is 5. The molecule has 0 radical (unpaired) electrons. The number of rotatable bonds is 3. The third-order valence-corrected chi connectivity index (χ3v) is 4.54. The van der Waals surface area contributed by atoms with Gasteiger partial charge in [-0.15, -0.1) is 0 Å². The zero-order valence-corrected chi connectivity index (χ0v) is 16.3. The molecular weight excluding hydrogens is 360 g/mol. The van der Waals surface area contributed by atoms with Gasteiger partial charge in [0.2, 0.25) is 0 Å². The first-order valence-electron chi connectivity index (χ1n) is 8.63. The van der Waals surface area contributed by atoms with Gasteiger partial charge in [0.15, 0.2) is 5.82 Å². The van der Waals surface area contributed by atoms with Gasteiger partial charge in [0.1, 0.15) is 22.6 Å². The SMILES string of the molecule is Cc1cc(Nc2cc(Cl)nc(C)n2)n(-c2cc(C)c3cccc(C)c3n2)n1. The van der Waals surface area contributed by atoms with Gasteiger partial charge in [-0.2, -0.15) is 9.78 Å². The maximum absolute atomic E-state index is 6.06. The van der Waals surface area contributed by atoms with E-state index in [0.29, 0.717) is 16.8 Å². The first-order valence-corrected chi connectivity index (χ1v) is 9.01. The average Bonchev–Trinajstić information content (AvgIpc) is 2.95. The van der Waals surface area contributed by atoms with E-state index in [-0.39, 0.29) is 0 Å². The molecule has 0 bridgehead atoms. The largest absolute Gasteiger partial charge is 0.325 e. The number of hydrogen-bond donors (Lipinski definition) is 1. The molecule has 0 saturated carbocycles. The fourth-order valence-electron chi connectivity index (χ4n) is 3.14. The van der Waals surface area contributed by atoms with Crippen LogP contribution in [0.25, 0.3) is 16.7 Å². The summed E-state index contributed by atoms with van der Waals surface area (Å²) in [6.45, 7) is 7.90. The minimum absolute atomic E-state index is 0.392. The fraction of sp³-hybridized carbons (Fsp3) is 0.200. The van der Waals surface area contributed by atoms with E-state index in [1.807, 2.05) is 19.1 Å². The van der Waals surface area contributed by atoms with Crippen LogP contribution in [0.2, 0.25) is 5.15 Å². The van der Waals surface area contributed by atoms with E-state index in [4.69, 9.17) is 16.6 Å². The molecule has 1 N–H and O–H groups in total. The fourth-order valence-corrected chi connectivity index (χ4v) is 3.37. The molecule has 3 aromatic heterocycles. The van der Waals surface area contributed by atoms with Crippen molar-refractivity contribution in [2.75, 3.05) is 5.32 Å². The molecule has 3 heterocycles. The maximum atomic E-state index is 6.06. The Hall–Kier alpha value is -2.99. The summed E-state index contributed by atoms with van der Waals surface area (Å²) in [5.74, 6) is 2.73. The Kier molecular flexibility index (Phi) is 4.28. The second-order valence-corrected chi connectivity index (χ2v) is 6.99. The number of aryl methyl sites for hydroxylation is 4. The number of fused-ring (bicyclic) bond motifs is 1. The second kappa shape index (κ2) is 6.63. The minimum Gasteiger partial charge on any atom is -0.325 e. The van der Waals surface area contributed by atoms with E-state index in [1.165, 1.54) is 0 Å². The Morgan fingerprint density at radius 1 is 0.926 bits per heavy atom. The monoisotopic (exact) mass is 378 g/mol. The second-order valence-electron chi connectivity index (χ2n) is 6.60. The average molecular weight is 379 g/mol. The van der Waals surface area contributed by atoms with Gasteiger partial charge >= 0.3 is 0 Å². The highest BCUT2D eigenvalue weighted by molar-refractivity contribution is 6.29. The summed E-state index contributed by atoms with van der Waals surface area (Å²) < 4.78 is 1.79. The van der Waals surface area contributed by atoms with E-state index in [0.717, 1.165) is 39.4 Å². The lowest BCUT2D eigenvalue weighted by Crippen LogP contribution is -2.07. The smallest absolute Gasteiger partial charge is 0.156 e. The van der Waals surface area contributed by atoms with E-state index >= 15 is 0 Å². The topological polar surface area (TPSA) is 68.5 Å². The van der Waals surface area contributed by atoms with Crippen LogP contribution in [0.1, 0.15) is 22.6 Å².